The summed E-state index contributed by atoms with van der Waals surface area (Å²) in [5, 5.41) is 3.52. The highest BCUT2D eigenvalue weighted by Gasteiger charge is 2.24. The summed E-state index contributed by atoms with van der Waals surface area (Å²) in [5.74, 6) is 1.58. The Morgan fingerprint density at radius 1 is 0.875 bits per heavy atom. The number of benzene rings is 3. The molecule has 0 amide bonds. The van der Waals surface area contributed by atoms with E-state index in [1.54, 1.807) is 0 Å². The molecule has 1 saturated heterocycles. The third-order valence-electron chi connectivity index (χ3n) is 5.72. The largest absolute Gasteiger partial charge is 0.490 e. The molecule has 168 valence electrons. The second-order valence-electron chi connectivity index (χ2n) is 8.01. The number of rotatable bonds is 8. The molecule has 1 heterocycles. The number of hydrogen-bond donors (Lipinski definition) is 1. The molecule has 1 aliphatic rings. The monoisotopic (exact) mass is 494 g/mol. The van der Waals surface area contributed by atoms with Crippen LogP contribution in [0.4, 0.5) is 0 Å². The SMILES string of the molecule is CCOc1cc(C(c2cccc(Br)c2)N2CCCNCC2)ccc1OCc1ccccc1. The van der Waals surface area contributed by atoms with Gasteiger partial charge >= 0.3 is 0 Å². The Balaban J connectivity index is 1.66. The molecule has 0 aromatic heterocycles. The van der Waals surface area contributed by atoms with E-state index in [9.17, 15) is 0 Å². The van der Waals surface area contributed by atoms with Gasteiger partial charge in [0, 0.05) is 24.1 Å². The fourth-order valence-electron chi connectivity index (χ4n) is 4.23. The van der Waals surface area contributed by atoms with Gasteiger partial charge in [0.05, 0.1) is 12.6 Å². The first-order valence-electron chi connectivity index (χ1n) is 11.4. The predicted molar refractivity (Wildman–Crippen MR) is 133 cm³/mol. The zero-order chi connectivity index (χ0) is 22.2. The first-order chi connectivity index (χ1) is 15.7. The smallest absolute Gasteiger partial charge is 0.161 e. The summed E-state index contributed by atoms with van der Waals surface area (Å²) in [7, 11) is 0. The second-order valence-corrected chi connectivity index (χ2v) is 8.93. The topological polar surface area (TPSA) is 33.7 Å². The summed E-state index contributed by atoms with van der Waals surface area (Å²) in [4.78, 5) is 2.57. The van der Waals surface area contributed by atoms with Crippen molar-refractivity contribution in [3.05, 3.63) is 94.0 Å². The second kappa shape index (κ2) is 11.5. The van der Waals surface area contributed by atoms with Gasteiger partial charge in [0.2, 0.25) is 0 Å². The van der Waals surface area contributed by atoms with E-state index in [1.165, 1.54) is 11.1 Å². The third kappa shape index (κ3) is 5.91. The van der Waals surface area contributed by atoms with Gasteiger partial charge in [-0.05, 0) is 60.8 Å². The van der Waals surface area contributed by atoms with Crippen molar-refractivity contribution in [2.75, 3.05) is 32.8 Å². The summed E-state index contributed by atoms with van der Waals surface area (Å²) >= 11 is 3.66. The zero-order valence-corrected chi connectivity index (χ0v) is 20.2. The maximum atomic E-state index is 6.14. The van der Waals surface area contributed by atoms with Crippen molar-refractivity contribution in [2.45, 2.75) is 26.0 Å². The Kier molecular flexibility index (Phi) is 8.21. The normalized spacial score (nSPS) is 15.7. The Bertz CT molecular complexity index is 988. The average molecular weight is 495 g/mol. The highest BCUT2D eigenvalue weighted by atomic mass is 79.9. The molecule has 1 fully saturated rings. The van der Waals surface area contributed by atoms with Gasteiger partial charge in [0.1, 0.15) is 6.61 Å². The maximum Gasteiger partial charge on any atom is 0.161 e. The van der Waals surface area contributed by atoms with Crippen LogP contribution in [0, 0.1) is 0 Å². The molecule has 3 aromatic rings. The molecule has 3 aromatic carbocycles. The predicted octanol–water partition coefficient (Wildman–Crippen LogP) is 5.81. The fourth-order valence-corrected chi connectivity index (χ4v) is 4.65. The van der Waals surface area contributed by atoms with Crippen LogP contribution in [0.25, 0.3) is 0 Å². The molecular formula is C27H31BrN2O2. The van der Waals surface area contributed by atoms with Crippen LogP contribution in [-0.2, 0) is 6.61 Å². The molecule has 0 radical (unpaired) electrons. The van der Waals surface area contributed by atoms with E-state index in [2.05, 4.69) is 80.7 Å². The van der Waals surface area contributed by atoms with E-state index in [0.717, 1.165) is 54.1 Å². The summed E-state index contributed by atoms with van der Waals surface area (Å²) in [5.41, 5.74) is 3.64. The van der Waals surface area contributed by atoms with Crippen molar-refractivity contribution in [1.29, 1.82) is 0 Å². The van der Waals surface area contributed by atoms with Crippen LogP contribution in [0.1, 0.15) is 36.1 Å². The van der Waals surface area contributed by atoms with E-state index in [4.69, 9.17) is 9.47 Å². The van der Waals surface area contributed by atoms with Crippen molar-refractivity contribution < 1.29 is 9.47 Å². The molecule has 4 rings (SSSR count). The molecule has 0 spiro atoms. The van der Waals surface area contributed by atoms with Crippen molar-refractivity contribution in [2.24, 2.45) is 0 Å². The molecule has 1 N–H and O–H groups in total. The Morgan fingerprint density at radius 3 is 2.53 bits per heavy atom. The Hall–Kier alpha value is -2.34. The minimum absolute atomic E-state index is 0.162. The number of nitrogens with one attached hydrogen (secondary N) is 1. The van der Waals surface area contributed by atoms with Gasteiger partial charge < -0.3 is 14.8 Å². The Morgan fingerprint density at radius 2 is 1.72 bits per heavy atom. The highest BCUT2D eigenvalue weighted by molar-refractivity contribution is 9.10. The molecule has 1 unspecified atom stereocenters. The van der Waals surface area contributed by atoms with Crippen LogP contribution in [0.2, 0.25) is 0 Å². The first kappa shape index (κ1) is 22.8. The van der Waals surface area contributed by atoms with E-state index in [-0.39, 0.29) is 6.04 Å². The first-order valence-corrected chi connectivity index (χ1v) is 12.2. The van der Waals surface area contributed by atoms with Crippen LogP contribution >= 0.6 is 15.9 Å². The van der Waals surface area contributed by atoms with Gasteiger partial charge in [-0.25, -0.2) is 0 Å². The maximum absolute atomic E-state index is 6.14. The van der Waals surface area contributed by atoms with E-state index < -0.39 is 0 Å². The summed E-state index contributed by atoms with van der Waals surface area (Å²) in [6, 6.07) is 25.4. The molecule has 0 saturated carbocycles. The number of hydrogen-bond acceptors (Lipinski definition) is 4. The zero-order valence-electron chi connectivity index (χ0n) is 18.6. The van der Waals surface area contributed by atoms with Gasteiger partial charge in [-0.3, -0.25) is 4.90 Å². The van der Waals surface area contributed by atoms with Gasteiger partial charge in [-0.2, -0.15) is 0 Å². The summed E-state index contributed by atoms with van der Waals surface area (Å²) in [6.07, 6.45) is 1.14. The molecule has 0 aliphatic carbocycles. The number of halogens is 1. The molecule has 4 nitrogen and oxygen atoms in total. The molecule has 1 atom stereocenters. The lowest BCUT2D eigenvalue weighted by Crippen LogP contribution is -2.33. The lowest BCUT2D eigenvalue weighted by Gasteiger charge is -2.32. The van der Waals surface area contributed by atoms with Crippen LogP contribution in [0.3, 0.4) is 0 Å². The number of nitrogens with zero attached hydrogens (tertiary/aromatic N) is 1. The molecule has 32 heavy (non-hydrogen) atoms. The summed E-state index contributed by atoms with van der Waals surface area (Å²) in [6.45, 7) is 7.26. The minimum Gasteiger partial charge on any atom is -0.490 e. The fraction of sp³-hybridized carbons (Fsp3) is 0.333. The lowest BCUT2D eigenvalue weighted by atomic mass is 9.96. The van der Waals surface area contributed by atoms with Crippen molar-refractivity contribution >= 4 is 15.9 Å². The van der Waals surface area contributed by atoms with Gasteiger partial charge in [-0.15, -0.1) is 0 Å². The van der Waals surface area contributed by atoms with Crippen LogP contribution in [0.5, 0.6) is 11.5 Å². The molecule has 5 heteroatoms. The molecule has 0 bridgehead atoms. The van der Waals surface area contributed by atoms with Crippen molar-refractivity contribution in [1.82, 2.24) is 10.2 Å². The van der Waals surface area contributed by atoms with Crippen LogP contribution in [0.15, 0.2) is 77.3 Å². The van der Waals surface area contributed by atoms with Gasteiger partial charge in [0.15, 0.2) is 11.5 Å². The quantitative estimate of drug-likeness (QED) is 0.428. The molecular weight excluding hydrogens is 464 g/mol. The van der Waals surface area contributed by atoms with Crippen LogP contribution in [-0.4, -0.2) is 37.7 Å². The minimum atomic E-state index is 0.162. The average Bonchev–Trinajstić information content (AvgIpc) is 3.09. The van der Waals surface area contributed by atoms with Crippen molar-refractivity contribution in [3.8, 4) is 11.5 Å². The third-order valence-corrected chi connectivity index (χ3v) is 6.22. The van der Waals surface area contributed by atoms with E-state index in [1.807, 2.05) is 25.1 Å². The number of ether oxygens (including phenoxy) is 2. The molecule has 1 aliphatic heterocycles. The van der Waals surface area contributed by atoms with E-state index in [0.29, 0.717) is 13.2 Å². The lowest BCUT2D eigenvalue weighted by molar-refractivity contribution is 0.238. The van der Waals surface area contributed by atoms with Crippen LogP contribution < -0.4 is 14.8 Å². The standard InChI is InChI=1S/C27H31BrN2O2/c1-2-31-26-19-23(12-13-25(26)32-20-21-8-4-3-5-9-21)27(22-10-6-11-24(28)18-22)30-16-7-14-29-15-17-30/h3-6,8-13,18-19,27,29H,2,7,14-17,20H2,1H3. The van der Waals surface area contributed by atoms with Gasteiger partial charge in [0.25, 0.3) is 0 Å². The van der Waals surface area contributed by atoms with E-state index >= 15 is 0 Å². The summed E-state index contributed by atoms with van der Waals surface area (Å²) < 4.78 is 13.3. The Labute approximate surface area is 199 Å². The highest BCUT2D eigenvalue weighted by Crippen LogP contribution is 2.36. The van der Waals surface area contributed by atoms with Crippen molar-refractivity contribution in [3.63, 3.8) is 0 Å². The van der Waals surface area contributed by atoms with Gasteiger partial charge in [-0.1, -0.05) is 64.5 Å².